The minimum absolute atomic E-state index is 0.00152. The van der Waals surface area contributed by atoms with Crippen LogP contribution in [0.5, 0.6) is 5.75 Å². The second-order valence-corrected chi connectivity index (χ2v) is 6.34. The number of benzene rings is 2. The lowest BCUT2D eigenvalue weighted by atomic mass is 9.94. The molecule has 1 aliphatic carbocycles. The lowest BCUT2D eigenvalue weighted by Gasteiger charge is -2.22. The zero-order valence-corrected chi connectivity index (χ0v) is 14.3. The molecule has 0 radical (unpaired) electrons. The normalized spacial score (nSPS) is 13.7. The summed E-state index contributed by atoms with van der Waals surface area (Å²) in [7, 11) is 0. The zero-order chi connectivity index (χ0) is 17.9. The van der Waals surface area contributed by atoms with Gasteiger partial charge in [0.15, 0.2) is 11.4 Å². The zero-order valence-electron chi connectivity index (χ0n) is 14.3. The van der Waals surface area contributed by atoms with Crippen molar-refractivity contribution in [2.24, 2.45) is 10.2 Å². The molecule has 1 heterocycles. The third-order valence-electron chi connectivity index (χ3n) is 4.66. The maximum absolute atomic E-state index is 13.1. The fourth-order valence-electron chi connectivity index (χ4n) is 3.41. The highest BCUT2D eigenvalue weighted by atomic mass is 16.3. The highest BCUT2D eigenvalue weighted by molar-refractivity contribution is 5.58. The lowest BCUT2D eigenvalue weighted by molar-refractivity contribution is 0.457. The van der Waals surface area contributed by atoms with Crippen LogP contribution in [0.15, 0.2) is 75.7 Å². The van der Waals surface area contributed by atoms with E-state index in [9.17, 15) is 9.90 Å². The van der Waals surface area contributed by atoms with Crippen LogP contribution in [-0.2, 0) is 12.8 Å². The quantitative estimate of drug-likeness (QED) is 0.690. The van der Waals surface area contributed by atoms with E-state index in [1.165, 1.54) is 0 Å². The Morgan fingerprint density at radius 3 is 2.23 bits per heavy atom. The first-order chi connectivity index (χ1) is 12.8. The molecule has 1 aliphatic rings. The molecule has 130 valence electrons. The van der Waals surface area contributed by atoms with E-state index in [2.05, 4.69) is 10.2 Å². The van der Waals surface area contributed by atoms with Gasteiger partial charge in [0.1, 0.15) is 0 Å². The van der Waals surface area contributed by atoms with E-state index in [1.54, 1.807) is 16.7 Å². The third-order valence-corrected chi connectivity index (χ3v) is 4.66. The van der Waals surface area contributed by atoms with Crippen LogP contribution in [0.2, 0.25) is 0 Å². The molecule has 0 atom stereocenters. The standard InChI is InChI=1S/C21H19N3O2/c25-20-17-13-7-8-14-18(17)24(16-11-5-2-6-12-16)21(26)19(20)23-22-15-9-3-1-4-10-15/h1-6,9-12,25H,7-8,13-14H2. The number of para-hydroxylation sites is 1. The van der Waals surface area contributed by atoms with Gasteiger partial charge in [0, 0.05) is 16.9 Å². The number of rotatable bonds is 3. The number of aromatic hydroxyl groups is 1. The van der Waals surface area contributed by atoms with E-state index in [4.69, 9.17) is 0 Å². The van der Waals surface area contributed by atoms with Crippen molar-refractivity contribution in [3.63, 3.8) is 0 Å². The van der Waals surface area contributed by atoms with Crippen LogP contribution in [0.25, 0.3) is 5.69 Å². The SMILES string of the molecule is O=c1c(N=Nc2ccccc2)c(O)c2c(n1-c1ccccc1)CCCC2. The van der Waals surface area contributed by atoms with Crippen LogP contribution >= 0.6 is 0 Å². The number of azo groups is 1. The molecule has 5 nitrogen and oxygen atoms in total. The topological polar surface area (TPSA) is 66.9 Å². The minimum atomic E-state index is -0.339. The van der Waals surface area contributed by atoms with Gasteiger partial charge in [-0.2, -0.15) is 5.11 Å². The first kappa shape index (κ1) is 16.3. The van der Waals surface area contributed by atoms with Gasteiger partial charge in [-0.05, 0) is 49.9 Å². The average molecular weight is 345 g/mol. The molecule has 0 saturated heterocycles. The van der Waals surface area contributed by atoms with Gasteiger partial charge in [-0.25, -0.2) is 0 Å². The van der Waals surface area contributed by atoms with Gasteiger partial charge >= 0.3 is 0 Å². The molecule has 1 aromatic heterocycles. The fraction of sp³-hybridized carbons (Fsp3) is 0.190. The maximum atomic E-state index is 13.1. The summed E-state index contributed by atoms with van der Waals surface area (Å²) < 4.78 is 1.67. The molecule has 0 spiro atoms. The number of nitrogens with zero attached hydrogens (tertiary/aromatic N) is 3. The molecule has 3 aromatic rings. The van der Waals surface area contributed by atoms with Gasteiger partial charge in [0.05, 0.1) is 5.69 Å². The van der Waals surface area contributed by atoms with E-state index >= 15 is 0 Å². The predicted octanol–water partition coefficient (Wildman–Crippen LogP) is 4.84. The summed E-state index contributed by atoms with van der Waals surface area (Å²) in [5, 5.41) is 18.9. The monoisotopic (exact) mass is 345 g/mol. The van der Waals surface area contributed by atoms with Crippen LogP contribution < -0.4 is 5.56 Å². The Bertz CT molecular complexity index is 1010. The highest BCUT2D eigenvalue weighted by Crippen LogP contribution is 2.35. The van der Waals surface area contributed by atoms with E-state index in [-0.39, 0.29) is 17.0 Å². The minimum Gasteiger partial charge on any atom is -0.505 e. The van der Waals surface area contributed by atoms with Gasteiger partial charge in [-0.3, -0.25) is 9.36 Å². The number of fused-ring (bicyclic) bond motifs is 1. The smallest absolute Gasteiger partial charge is 0.286 e. The first-order valence-electron chi connectivity index (χ1n) is 8.77. The third kappa shape index (κ3) is 2.92. The number of hydrogen-bond acceptors (Lipinski definition) is 4. The van der Waals surface area contributed by atoms with Gasteiger partial charge in [0.25, 0.3) is 5.56 Å². The maximum Gasteiger partial charge on any atom is 0.286 e. The Morgan fingerprint density at radius 2 is 1.50 bits per heavy atom. The molecule has 0 saturated carbocycles. The molecule has 0 bridgehead atoms. The lowest BCUT2D eigenvalue weighted by Crippen LogP contribution is -2.25. The summed E-state index contributed by atoms with van der Waals surface area (Å²) in [6, 6.07) is 18.7. The predicted molar refractivity (Wildman–Crippen MR) is 101 cm³/mol. The largest absolute Gasteiger partial charge is 0.505 e. The van der Waals surface area contributed by atoms with Crippen molar-refractivity contribution in [1.82, 2.24) is 4.57 Å². The van der Waals surface area contributed by atoms with Crippen molar-refractivity contribution in [3.05, 3.63) is 82.3 Å². The summed E-state index contributed by atoms with van der Waals surface area (Å²) in [6.45, 7) is 0. The molecule has 0 unspecified atom stereocenters. The second kappa shape index (κ2) is 6.96. The van der Waals surface area contributed by atoms with Gasteiger partial charge in [0.2, 0.25) is 0 Å². The highest BCUT2D eigenvalue weighted by Gasteiger charge is 2.24. The fourth-order valence-corrected chi connectivity index (χ4v) is 3.41. The molecule has 0 amide bonds. The molecular formula is C21H19N3O2. The van der Waals surface area contributed by atoms with Crippen LogP contribution in [0.3, 0.4) is 0 Å². The van der Waals surface area contributed by atoms with Crippen LogP contribution in [0.1, 0.15) is 24.1 Å². The number of aromatic nitrogens is 1. The van der Waals surface area contributed by atoms with Crippen molar-refractivity contribution in [2.45, 2.75) is 25.7 Å². The molecule has 0 aliphatic heterocycles. The molecule has 5 heteroatoms. The molecule has 26 heavy (non-hydrogen) atoms. The average Bonchev–Trinajstić information content (AvgIpc) is 2.70. The van der Waals surface area contributed by atoms with Crippen LogP contribution in [-0.4, -0.2) is 9.67 Å². The second-order valence-electron chi connectivity index (χ2n) is 6.34. The number of pyridine rings is 1. The van der Waals surface area contributed by atoms with E-state index in [0.29, 0.717) is 5.69 Å². The summed E-state index contributed by atoms with van der Waals surface area (Å²) >= 11 is 0. The summed E-state index contributed by atoms with van der Waals surface area (Å²) in [5.74, 6) is -0.0310. The Balaban J connectivity index is 1.92. The van der Waals surface area contributed by atoms with Crippen molar-refractivity contribution in [1.29, 1.82) is 0 Å². The van der Waals surface area contributed by atoms with E-state index < -0.39 is 0 Å². The van der Waals surface area contributed by atoms with Crippen molar-refractivity contribution in [3.8, 4) is 11.4 Å². The van der Waals surface area contributed by atoms with E-state index in [1.807, 2.05) is 48.5 Å². The van der Waals surface area contributed by atoms with Gasteiger partial charge < -0.3 is 5.11 Å². The number of hydrogen-bond donors (Lipinski definition) is 1. The molecule has 4 rings (SSSR count). The van der Waals surface area contributed by atoms with Crippen molar-refractivity contribution >= 4 is 11.4 Å². The van der Waals surface area contributed by atoms with Crippen molar-refractivity contribution in [2.75, 3.05) is 0 Å². The first-order valence-corrected chi connectivity index (χ1v) is 8.77. The van der Waals surface area contributed by atoms with Crippen LogP contribution in [0, 0.1) is 0 Å². The molecule has 2 aromatic carbocycles. The van der Waals surface area contributed by atoms with Crippen molar-refractivity contribution < 1.29 is 5.11 Å². The Labute approximate surface area is 151 Å². The Kier molecular flexibility index (Phi) is 4.35. The molecule has 1 N–H and O–H groups in total. The molecule has 0 fully saturated rings. The van der Waals surface area contributed by atoms with Gasteiger partial charge in [-0.1, -0.05) is 36.4 Å². The summed E-state index contributed by atoms with van der Waals surface area (Å²) in [4.78, 5) is 13.1. The van der Waals surface area contributed by atoms with E-state index in [0.717, 1.165) is 42.6 Å². The molecular weight excluding hydrogens is 326 g/mol. The van der Waals surface area contributed by atoms with Gasteiger partial charge in [-0.15, -0.1) is 5.11 Å². The summed E-state index contributed by atoms with van der Waals surface area (Å²) in [5.41, 5.74) is 2.76. The van der Waals surface area contributed by atoms with Crippen LogP contribution in [0.4, 0.5) is 11.4 Å². The Morgan fingerprint density at radius 1 is 0.846 bits per heavy atom. The summed E-state index contributed by atoms with van der Waals surface area (Å²) in [6.07, 6.45) is 3.50. The Hall–Kier alpha value is -3.21.